The third-order valence-corrected chi connectivity index (χ3v) is 6.16. The van der Waals surface area contributed by atoms with E-state index in [2.05, 4.69) is 31.4 Å². The molecule has 1 saturated heterocycles. The Morgan fingerprint density at radius 2 is 1.48 bits per heavy atom. The van der Waals surface area contributed by atoms with Crippen LogP contribution in [0.25, 0.3) is 0 Å². The molecule has 2 aromatic rings. The van der Waals surface area contributed by atoms with Crippen molar-refractivity contribution in [2.75, 3.05) is 16.5 Å². The number of hydrazine groups is 1. The lowest BCUT2D eigenvalue weighted by atomic mass is 10.2. The Balaban J connectivity index is 1.60. The van der Waals surface area contributed by atoms with E-state index in [9.17, 15) is 20.2 Å². The molecule has 0 bridgehead atoms. The Morgan fingerprint density at radius 3 is 2.09 bits per heavy atom. The van der Waals surface area contributed by atoms with Crippen molar-refractivity contribution in [1.29, 1.82) is 0 Å². The fourth-order valence-corrected chi connectivity index (χ4v) is 4.45. The molecule has 1 atom stereocenters. The maximum absolute atomic E-state index is 11.8. The molecule has 3 aliphatic rings. The predicted molar refractivity (Wildman–Crippen MR) is 117 cm³/mol. The van der Waals surface area contributed by atoms with Crippen LogP contribution in [0, 0.1) is 26.6 Å². The minimum absolute atomic E-state index is 0.0778. The molecule has 0 N–H and O–H groups in total. The van der Waals surface area contributed by atoms with Crippen molar-refractivity contribution in [1.82, 2.24) is 24.9 Å². The van der Waals surface area contributed by atoms with Crippen LogP contribution in [-0.2, 0) is 0 Å². The van der Waals surface area contributed by atoms with Gasteiger partial charge in [0.2, 0.25) is 11.6 Å². The zero-order chi connectivity index (χ0) is 22.9. The molecular formula is C20H24N9O4. The molecule has 1 radical (unpaired) electrons. The summed E-state index contributed by atoms with van der Waals surface area (Å²) < 4.78 is 0. The molecule has 2 aromatic heterocycles. The summed E-state index contributed by atoms with van der Waals surface area (Å²) in [6, 6.07) is 0.194. The lowest BCUT2D eigenvalue weighted by Crippen LogP contribution is -2.58. The standard InChI is InChI=1S/C20H24N9O4/c30-28(31)16-10-21-12-23-19(16)26(14-5-6-14)18-4-2-1-3-9-25(18)27(15-7-8-15)20-17(29(32)33)11-22-13-24-20/h3,10-15,18H,1-2,4-9H2. The average molecular weight is 454 g/mol. The van der Waals surface area contributed by atoms with Gasteiger partial charge in [0.05, 0.1) is 9.85 Å². The average Bonchev–Trinajstić information content (AvgIpc) is 3.70. The maximum atomic E-state index is 11.8. The predicted octanol–water partition coefficient (Wildman–Crippen LogP) is 2.65. The molecule has 33 heavy (non-hydrogen) atoms. The topological polar surface area (TPSA) is 148 Å². The molecule has 5 rings (SSSR count). The summed E-state index contributed by atoms with van der Waals surface area (Å²) in [6.07, 6.45) is 13.1. The first-order valence-electron chi connectivity index (χ1n) is 11.1. The van der Waals surface area contributed by atoms with E-state index in [1.807, 2.05) is 9.91 Å². The summed E-state index contributed by atoms with van der Waals surface area (Å²) in [7, 11) is 0. The summed E-state index contributed by atoms with van der Waals surface area (Å²) in [4.78, 5) is 41.0. The minimum atomic E-state index is -0.463. The molecule has 1 unspecified atom stereocenters. The SMILES string of the molecule is O=[N+]([O-])c1cncnc1N(C1CC1)C1CCC[CH]CN1N(c1ncncc1[N+](=O)[O-])C1CC1. The highest BCUT2D eigenvalue weighted by Crippen LogP contribution is 2.43. The van der Waals surface area contributed by atoms with E-state index in [-0.39, 0.29) is 35.4 Å². The van der Waals surface area contributed by atoms with Gasteiger partial charge in [0.25, 0.3) is 0 Å². The Bertz CT molecular complexity index is 964. The molecule has 0 spiro atoms. The fourth-order valence-electron chi connectivity index (χ4n) is 4.45. The Kier molecular flexibility index (Phi) is 5.70. The molecular weight excluding hydrogens is 430 g/mol. The van der Waals surface area contributed by atoms with Crippen molar-refractivity contribution in [3.8, 4) is 0 Å². The van der Waals surface area contributed by atoms with Crippen LogP contribution < -0.4 is 9.91 Å². The van der Waals surface area contributed by atoms with Crippen LogP contribution in [0.5, 0.6) is 0 Å². The normalized spacial score (nSPS) is 21.3. The zero-order valence-electron chi connectivity index (χ0n) is 17.9. The number of aromatic nitrogens is 4. The Morgan fingerprint density at radius 1 is 0.879 bits per heavy atom. The quantitative estimate of drug-likeness (QED) is 0.428. The maximum Gasteiger partial charge on any atom is 0.331 e. The first-order chi connectivity index (χ1) is 16.1. The van der Waals surface area contributed by atoms with Crippen molar-refractivity contribution in [2.45, 2.75) is 63.2 Å². The molecule has 3 fully saturated rings. The van der Waals surface area contributed by atoms with Crippen molar-refractivity contribution in [3.63, 3.8) is 0 Å². The van der Waals surface area contributed by atoms with Gasteiger partial charge in [0.15, 0.2) is 0 Å². The van der Waals surface area contributed by atoms with Crippen molar-refractivity contribution in [2.24, 2.45) is 0 Å². The van der Waals surface area contributed by atoms with Crippen LogP contribution in [-0.4, -0.2) is 59.6 Å². The van der Waals surface area contributed by atoms with E-state index in [0.717, 1.165) is 44.9 Å². The van der Waals surface area contributed by atoms with Gasteiger partial charge in [0.1, 0.15) is 31.2 Å². The summed E-state index contributed by atoms with van der Waals surface area (Å²) in [5.41, 5.74) is -0.290. The van der Waals surface area contributed by atoms with Gasteiger partial charge in [-0.2, -0.15) is 5.01 Å². The molecule has 13 nitrogen and oxygen atoms in total. The second-order valence-electron chi connectivity index (χ2n) is 8.51. The molecule has 13 heteroatoms. The fraction of sp³-hybridized carbons (Fsp3) is 0.550. The highest BCUT2D eigenvalue weighted by molar-refractivity contribution is 5.60. The molecule has 3 heterocycles. The first-order valence-corrected chi connectivity index (χ1v) is 11.1. The molecule has 0 amide bonds. The van der Waals surface area contributed by atoms with E-state index in [1.165, 1.54) is 25.0 Å². The first kappa shape index (κ1) is 21.4. The van der Waals surface area contributed by atoms with E-state index in [1.54, 1.807) is 0 Å². The van der Waals surface area contributed by atoms with Gasteiger partial charge in [-0.15, -0.1) is 0 Å². The van der Waals surface area contributed by atoms with Crippen molar-refractivity contribution < 1.29 is 9.85 Å². The molecule has 2 aliphatic carbocycles. The molecule has 1 aliphatic heterocycles. The van der Waals surface area contributed by atoms with Gasteiger partial charge in [0, 0.05) is 18.6 Å². The summed E-state index contributed by atoms with van der Waals surface area (Å²) in [6.45, 7) is 0.546. The van der Waals surface area contributed by atoms with Crippen LogP contribution >= 0.6 is 0 Å². The number of nitrogens with zero attached hydrogens (tertiary/aromatic N) is 9. The largest absolute Gasteiger partial charge is 0.331 e. The summed E-state index contributed by atoms with van der Waals surface area (Å²) >= 11 is 0. The summed E-state index contributed by atoms with van der Waals surface area (Å²) in [5, 5.41) is 27.5. The summed E-state index contributed by atoms with van der Waals surface area (Å²) in [5.74, 6) is 0.549. The zero-order valence-corrected chi connectivity index (χ0v) is 17.9. The minimum Gasteiger partial charge on any atom is -0.330 e. The monoisotopic (exact) mass is 454 g/mol. The molecule has 0 aromatic carbocycles. The van der Waals surface area contributed by atoms with Gasteiger partial charge >= 0.3 is 11.4 Å². The van der Waals surface area contributed by atoms with Gasteiger partial charge in [-0.25, -0.2) is 19.9 Å². The number of rotatable bonds is 8. The van der Waals surface area contributed by atoms with Crippen LogP contribution in [0.1, 0.15) is 44.9 Å². The molecule has 173 valence electrons. The number of hydrogen-bond acceptors (Lipinski definition) is 11. The molecule has 2 saturated carbocycles. The van der Waals surface area contributed by atoms with Gasteiger partial charge < -0.3 is 4.90 Å². The second-order valence-corrected chi connectivity index (χ2v) is 8.51. The Hall–Kier alpha value is -3.48. The van der Waals surface area contributed by atoms with E-state index in [4.69, 9.17) is 0 Å². The third-order valence-electron chi connectivity index (χ3n) is 6.16. The van der Waals surface area contributed by atoms with Crippen molar-refractivity contribution >= 4 is 23.0 Å². The van der Waals surface area contributed by atoms with Crippen LogP contribution in [0.4, 0.5) is 23.0 Å². The van der Waals surface area contributed by atoms with Gasteiger partial charge in [-0.3, -0.25) is 25.2 Å². The number of anilines is 2. The highest BCUT2D eigenvalue weighted by Gasteiger charge is 2.46. The third kappa shape index (κ3) is 4.27. The van der Waals surface area contributed by atoms with E-state index < -0.39 is 9.85 Å². The lowest BCUT2D eigenvalue weighted by molar-refractivity contribution is -0.385. The van der Waals surface area contributed by atoms with Crippen molar-refractivity contribution in [3.05, 3.63) is 51.7 Å². The van der Waals surface area contributed by atoms with Crippen LogP contribution in [0.3, 0.4) is 0 Å². The second kappa shape index (κ2) is 8.81. The highest BCUT2D eigenvalue weighted by atomic mass is 16.6. The lowest BCUT2D eigenvalue weighted by Gasteiger charge is -2.45. The smallest absolute Gasteiger partial charge is 0.330 e. The number of hydrogen-bond donors (Lipinski definition) is 0. The van der Waals surface area contributed by atoms with Gasteiger partial charge in [-0.05, 0) is 51.4 Å². The van der Waals surface area contributed by atoms with Crippen LogP contribution in [0.15, 0.2) is 25.0 Å². The van der Waals surface area contributed by atoms with E-state index in [0.29, 0.717) is 12.4 Å². The van der Waals surface area contributed by atoms with E-state index >= 15 is 0 Å². The van der Waals surface area contributed by atoms with Gasteiger partial charge in [-0.1, -0.05) is 0 Å². The van der Waals surface area contributed by atoms with Crippen LogP contribution in [0.2, 0.25) is 0 Å². The number of nitro groups is 2. The Labute approximate surface area is 189 Å².